The molecule has 1 aromatic heterocycles. The summed E-state index contributed by atoms with van der Waals surface area (Å²) in [6.45, 7) is 0.0443. The van der Waals surface area contributed by atoms with E-state index in [4.69, 9.17) is 10.2 Å². The molecule has 0 unspecified atom stereocenters. The van der Waals surface area contributed by atoms with Gasteiger partial charge in [0.05, 0.1) is 13.2 Å². The zero-order valence-electron chi connectivity index (χ0n) is 7.20. The van der Waals surface area contributed by atoms with Gasteiger partial charge in [0.15, 0.2) is 0 Å². The first-order chi connectivity index (χ1) is 6.36. The van der Waals surface area contributed by atoms with Crippen molar-refractivity contribution in [2.75, 3.05) is 6.61 Å². The van der Waals surface area contributed by atoms with E-state index >= 15 is 0 Å². The topological polar surface area (TPSA) is 53.4 Å². The smallest absolute Gasteiger partial charge is 0.0697 e. The Kier molecular flexibility index (Phi) is 3.97. The highest BCUT2D eigenvalue weighted by atomic mass is 16.3. The average Bonchev–Trinajstić information content (AvgIpc) is 2.19. The van der Waals surface area contributed by atoms with Crippen LogP contribution in [0.5, 0.6) is 0 Å². The standard InChI is InChI=1S/C10H11NO2/c12-4-2-1-3-9-5-10(8-13)7-11-6-9/h5-7,12-13H,2,4,8H2. The van der Waals surface area contributed by atoms with Crippen LogP contribution in [0.15, 0.2) is 18.5 Å². The number of aliphatic hydroxyl groups excluding tert-OH is 2. The van der Waals surface area contributed by atoms with Crippen molar-refractivity contribution >= 4 is 0 Å². The Hall–Kier alpha value is -1.37. The largest absolute Gasteiger partial charge is 0.395 e. The van der Waals surface area contributed by atoms with E-state index in [9.17, 15) is 0 Å². The minimum atomic E-state index is -0.0253. The maximum atomic E-state index is 8.81. The van der Waals surface area contributed by atoms with Gasteiger partial charge in [-0.05, 0) is 11.6 Å². The van der Waals surface area contributed by atoms with Crippen LogP contribution in [0.2, 0.25) is 0 Å². The molecule has 13 heavy (non-hydrogen) atoms. The summed E-state index contributed by atoms with van der Waals surface area (Å²) in [5, 5.41) is 17.3. The Bertz CT molecular complexity index is 325. The number of nitrogens with zero attached hydrogens (tertiary/aromatic N) is 1. The maximum Gasteiger partial charge on any atom is 0.0697 e. The van der Waals surface area contributed by atoms with Crippen molar-refractivity contribution in [3.05, 3.63) is 29.6 Å². The van der Waals surface area contributed by atoms with E-state index in [0.29, 0.717) is 6.42 Å². The average molecular weight is 177 g/mol. The Morgan fingerprint density at radius 3 is 2.85 bits per heavy atom. The first kappa shape index (κ1) is 9.72. The van der Waals surface area contributed by atoms with Crippen molar-refractivity contribution < 1.29 is 10.2 Å². The summed E-state index contributed by atoms with van der Waals surface area (Å²) < 4.78 is 0. The van der Waals surface area contributed by atoms with Gasteiger partial charge in [0, 0.05) is 24.4 Å². The van der Waals surface area contributed by atoms with Crippen LogP contribution in [0.1, 0.15) is 17.5 Å². The lowest BCUT2D eigenvalue weighted by Gasteiger charge is -1.94. The summed E-state index contributed by atoms with van der Waals surface area (Å²) in [5.74, 6) is 5.62. The fourth-order valence-corrected chi connectivity index (χ4v) is 0.863. The Morgan fingerprint density at radius 2 is 2.15 bits per heavy atom. The van der Waals surface area contributed by atoms with Crippen LogP contribution in [0.4, 0.5) is 0 Å². The zero-order valence-corrected chi connectivity index (χ0v) is 7.20. The number of aliphatic hydroxyl groups is 2. The number of rotatable bonds is 2. The maximum absolute atomic E-state index is 8.81. The lowest BCUT2D eigenvalue weighted by molar-refractivity contribution is 0.281. The third-order valence-electron chi connectivity index (χ3n) is 1.45. The van der Waals surface area contributed by atoms with Crippen LogP contribution in [0.25, 0.3) is 0 Å². The van der Waals surface area contributed by atoms with Gasteiger partial charge >= 0.3 is 0 Å². The number of hydrogen-bond donors (Lipinski definition) is 2. The number of pyridine rings is 1. The Morgan fingerprint density at radius 1 is 1.31 bits per heavy atom. The van der Waals surface area contributed by atoms with Gasteiger partial charge in [-0.15, -0.1) is 0 Å². The van der Waals surface area contributed by atoms with E-state index in [2.05, 4.69) is 16.8 Å². The van der Waals surface area contributed by atoms with Crippen LogP contribution in [0, 0.1) is 11.8 Å². The van der Waals surface area contributed by atoms with Gasteiger partial charge in [0.2, 0.25) is 0 Å². The quantitative estimate of drug-likeness (QED) is 0.639. The normalized spacial score (nSPS) is 9.08. The molecule has 0 spiro atoms. The van der Waals surface area contributed by atoms with Crippen molar-refractivity contribution in [3.63, 3.8) is 0 Å². The molecule has 0 aliphatic carbocycles. The van der Waals surface area contributed by atoms with E-state index in [1.54, 1.807) is 18.5 Å². The molecule has 0 radical (unpaired) electrons. The highest BCUT2D eigenvalue weighted by Gasteiger charge is 1.91. The minimum absolute atomic E-state index is 0.0253. The summed E-state index contributed by atoms with van der Waals surface area (Å²) >= 11 is 0. The molecule has 2 N–H and O–H groups in total. The molecule has 0 bridgehead atoms. The molecule has 0 fully saturated rings. The van der Waals surface area contributed by atoms with Crippen LogP contribution in [-0.4, -0.2) is 21.8 Å². The second-order valence-corrected chi connectivity index (χ2v) is 2.52. The molecule has 0 amide bonds. The molecule has 1 heterocycles. The van der Waals surface area contributed by atoms with Crippen molar-refractivity contribution in [1.82, 2.24) is 4.98 Å². The molecule has 3 heteroatoms. The third kappa shape index (κ3) is 3.24. The van der Waals surface area contributed by atoms with Gasteiger partial charge < -0.3 is 10.2 Å². The van der Waals surface area contributed by atoms with E-state index in [-0.39, 0.29) is 13.2 Å². The fraction of sp³-hybridized carbons (Fsp3) is 0.300. The van der Waals surface area contributed by atoms with Gasteiger partial charge in [-0.25, -0.2) is 0 Å². The van der Waals surface area contributed by atoms with E-state index in [0.717, 1.165) is 11.1 Å². The van der Waals surface area contributed by atoms with Crippen molar-refractivity contribution in [1.29, 1.82) is 0 Å². The number of hydrogen-bond acceptors (Lipinski definition) is 3. The summed E-state index contributed by atoms with van der Waals surface area (Å²) in [5.41, 5.74) is 1.51. The van der Waals surface area contributed by atoms with Crippen LogP contribution in [0.3, 0.4) is 0 Å². The van der Waals surface area contributed by atoms with Gasteiger partial charge in [0.1, 0.15) is 0 Å². The summed E-state index contributed by atoms with van der Waals surface area (Å²) in [6, 6.07) is 1.78. The second-order valence-electron chi connectivity index (χ2n) is 2.52. The van der Waals surface area contributed by atoms with Gasteiger partial charge in [0.25, 0.3) is 0 Å². The molecule has 68 valence electrons. The molecule has 0 saturated carbocycles. The molecule has 0 aromatic carbocycles. The minimum Gasteiger partial charge on any atom is -0.395 e. The summed E-state index contributed by atoms with van der Waals surface area (Å²) in [7, 11) is 0. The van der Waals surface area contributed by atoms with E-state index in [1.807, 2.05) is 0 Å². The first-order valence-electron chi connectivity index (χ1n) is 4.01. The first-order valence-corrected chi connectivity index (χ1v) is 4.01. The number of aromatic nitrogens is 1. The lowest BCUT2D eigenvalue weighted by atomic mass is 10.2. The second kappa shape index (κ2) is 5.31. The molecule has 3 nitrogen and oxygen atoms in total. The molecular weight excluding hydrogens is 166 g/mol. The summed E-state index contributed by atoms with van der Waals surface area (Å²) in [6.07, 6.45) is 3.68. The van der Waals surface area contributed by atoms with Crippen molar-refractivity contribution in [3.8, 4) is 11.8 Å². The molecule has 0 aliphatic rings. The highest BCUT2D eigenvalue weighted by molar-refractivity contribution is 5.33. The monoisotopic (exact) mass is 177 g/mol. The zero-order chi connectivity index (χ0) is 9.52. The molecule has 1 aromatic rings. The predicted octanol–water partition coefficient (Wildman–Crippen LogP) is 0.308. The molecule has 1 rings (SSSR count). The highest BCUT2D eigenvalue weighted by Crippen LogP contribution is 2.00. The molecule has 0 saturated heterocycles. The summed E-state index contributed by atoms with van der Waals surface area (Å²) in [4.78, 5) is 3.91. The SMILES string of the molecule is OCCC#Cc1cncc(CO)c1. The van der Waals surface area contributed by atoms with Crippen molar-refractivity contribution in [2.24, 2.45) is 0 Å². The van der Waals surface area contributed by atoms with Gasteiger partial charge in [-0.3, -0.25) is 4.98 Å². The lowest BCUT2D eigenvalue weighted by Crippen LogP contribution is -1.86. The van der Waals surface area contributed by atoms with Gasteiger partial charge in [-0.2, -0.15) is 0 Å². The fourth-order valence-electron chi connectivity index (χ4n) is 0.863. The Balaban J connectivity index is 2.73. The van der Waals surface area contributed by atoms with E-state index in [1.165, 1.54) is 0 Å². The molecular formula is C10H11NO2. The van der Waals surface area contributed by atoms with Crippen molar-refractivity contribution in [2.45, 2.75) is 13.0 Å². The van der Waals surface area contributed by atoms with Crippen LogP contribution in [-0.2, 0) is 6.61 Å². The van der Waals surface area contributed by atoms with Crippen LogP contribution < -0.4 is 0 Å². The molecule has 0 aliphatic heterocycles. The van der Waals surface area contributed by atoms with Crippen LogP contribution >= 0.6 is 0 Å². The van der Waals surface area contributed by atoms with E-state index < -0.39 is 0 Å². The molecule has 0 atom stereocenters. The Labute approximate surface area is 77.1 Å². The predicted molar refractivity (Wildman–Crippen MR) is 48.7 cm³/mol. The third-order valence-corrected chi connectivity index (χ3v) is 1.45. The van der Waals surface area contributed by atoms with Gasteiger partial charge in [-0.1, -0.05) is 11.8 Å².